The number of nitro benzene ring substituents is 4. The Labute approximate surface area is 326 Å². The van der Waals surface area contributed by atoms with Gasteiger partial charge in [-0.2, -0.15) is 16.8 Å². The van der Waals surface area contributed by atoms with Crippen LogP contribution in [0.15, 0.2) is 94.7 Å². The van der Waals surface area contributed by atoms with Gasteiger partial charge in [0.05, 0.1) is 47.4 Å². The number of carbonyl (C=O) groups excluding carboxylic acids is 1. The number of nitro groups is 4. The topological polar surface area (TPSA) is 295 Å². The molecule has 0 unspecified atom stereocenters. The van der Waals surface area contributed by atoms with Crippen molar-refractivity contribution in [3.05, 3.63) is 158 Å². The molecule has 0 N–H and O–H groups in total. The van der Waals surface area contributed by atoms with Crippen molar-refractivity contribution in [1.82, 2.24) is 0 Å². The van der Waals surface area contributed by atoms with E-state index in [-0.39, 0.29) is 33.8 Å². The number of carbonyl (C=O) groups is 1. The number of hydrogen-bond acceptors (Lipinski definition) is 17. The SMILES string of the molecule is O=C1OC2(c3cc(Cl)c(OS(=O)(=O)c4ccc([N+](=O)[O-])cc4[N+](=O)[O-])cc3Oc3cc(OS(=O)(=O)c4ccc([N+](=O)[O-])cc4[N+](=O)[O-])c(Cl)cc32)c2ccccc21. The van der Waals surface area contributed by atoms with E-state index in [1.807, 2.05) is 0 Å². The van der Waals surface area contributed by atoms with Gasteiger partial charge in [-0.05, 0) is 30.3 Å². The molecule has 0 radical (unpaired) electrons. The van der Waals surface area contributed by atoms with Crippen LogP contribution >= 0.6 is 23.2 Å². The summed E-state index contributed by atoms with van der Waals surface area (Å²) >= 11 is 13.0. The predicted molar refractivity (Wildman–Crippen MR) is 190 cm³/mol. The molecule has 0 saturated carbocycles. The zero-order valence-corrected chi connectivity index (χ0v) is 30.5. The van der Waals surface area contributed by atoms with E-state index in [2.05, 4.69) is 0 Å². The smallest absolute Gasteiger partial charge is 0.346 e. The second kappa shape index (κ2) is 13.4. The van der Waals surface area contributed by atoms with Crippen LogP contribution in [0.3, 0.4) is 0 Å². The van der Waals surface area contributed by atoms with Gasteiger partial charge < -0.3 is 17.8 Å². The van der Waals surface area contributed by atoms with Crippen LogP contribution in [0.25, 0.3) is 0 Å². The number of non-ortho nitro benzene ring substituents is 2. The summed E-state index contributed by atoms with van der Waals surface area (Å²) in [5, 5.41) is 44.8. The van der Waals surface area contributed by atoms with Crippen LogP contribution in [0.2, 0.25) is 10.0 Å². The minimum atomic E-state index is -5.18. The molecule has 5 aromatic carbocycles. The summed E-state index contributed by atoms with van der Waals surface area (Å²) in [6, 6.07) is 13.4. The first kappa shape index (κ1) is 38.3. The summed E-state index contributed by atoms with van der Waals surface area (Å²) in [6.07, 6.45) is 0. The second-order valence-electron chi connectivity index (χ2n) is 11.7. The Bertz CT molecular complexity index is 2760. The second-order valence-corrected chi connectivity index (χ2v) is 15.5. The van der Waals surface area contributed by atoms with Gasteiger partial charge in [0.2, 0.25) is 0 Å². The molecule has 0 atom stereocenters. The lowest BCUT2D eigenvalue weighted by molar-refractivity contribution is -0.396. The largest absolute Gasteiger partial charge is 0.456 e. The molecule has 2 heterocycles. The third-order valence-electron chi connectivity index (χ3n) is 8.46. The zero-order valence-electron chi connectivity index (χ0n) is 27.4. The molecule has 0 saturated heterocycles. The van der Waals surface area contributed by atoms with E-state index in [0.717, 1.165) is 24.3 Å². The first-order valence-corrected chi connectivity index (χ1v) is 18.8. The van der Waals surface area contributed by atoms with Crippen molar-refractivity contribution in [3.8, 4) is 23.0 Å². The number of esters is 1. The summed E-state index contributed by atoms with van der Waals surface area (Å²) in [6.45, 7) is 0. The van der Waals surface area contributed by atoms with E-state index in [1.165, 1.54) is 18.2 Å². The van der Waals surface area contributed by atoms with Crippen LogP contribution in [0.5, 0.6) is 23.0 Å². The zero-order chi connectivity index (χ0) is 41.4. The van der Waals surface area contributed by atoms with Gasteiger partial charge >= 0.3 is 26.2 Å². The van der Waals surface area contributed by atoms with Crippen molar-refractivity contribution in [1.29, 1.82) is 0 Å². The van der Waals surface area contributed by atoms with Crippen LogP contribution in [-0.2, 0) is 30.6 Å². The van der Waals surface area contributed by atoms with Crippen LogP contribution < -0.4 is 13.1 Å². The van der Waals surface area contributed by atoms with Crippen LogP contribution in [-0.4, -0.2) is 42.5 Å². The molecule has 0 fully saturated rings. The van der Waals surface area contributed by atoms with Crippen molar-refractivity contribution in [2.45, 2.75) is 15.4 Å². The van der Waals surface area contributed by atoms with Crippen molar-refractivity contribution in [2.24, 2.45) is 0 Å². The standard InChI is InChI=1S/C32H14Cl2N4O17S2/c33-21-11-19-25(13-27(21)54-56(48,49)29-7-5-15(35(40)41)9-23(29)37(44)45)52-26-14-28(55-57(50,51)30-8-6-16(36(42)43)10-24(30)38(46)47)22(34)12-20(26)32(19)18-4-2-1-3-17(18)31(39)53-32/h1-14H. The third-order valence-corrected chi connectivity index (χ3v) is 11.6. The number of halogens is 2. The van der Waals surface area contributed by atoms with Gasteiger partial charge in [-0.1, -0.05) is 41.4 Å². The van der Waals surface area contributed by atoms with Gasteiger partial charge in [-0.15, -0.1) is 0 Å². The fourth-order valence-corrected chi connectivity index (χ4v) is 8.74. The van der Waals surface area contributed by atoms with Crippen molar-refractivity contribution in [2.75, 3.05) is 0 Å². The summed E-state index contributed by atoms with van der Waals surface area (Å²) in [4.78, 5) is 52.6. The maximum absolute atomic E-state index is 13.4. The van der Waals surface area contributed by atoms with E-state index >= 15 is 0 Å². The van der Waals surface area contributed by atoms with Crippen LogP contribution in [0.4, 0.5) is 22.7 Å². The Kier molecular flexibility index (Phi) is 8.99. The number of ether oxygens (including phenoxy) is 2. The fraction of sp³-hybridized carbons (Fsp3) is 0.0312. The average Bonchev–Trinajstić information content (AvgIpc) is 3.44. The minimum Gasteiger partial charge on any atom is -0.456 e. The number of nitrogens with zero attached hydrogens (tertiary/aromatic N) is 4. The first-order valence-electron chi connectivity index (χ1n) is 15.2. The molecule has 2 aliphatic heterocycles. The fourth-order valence-electron chi connectivity index (χ4n) is 6.07. The maximum atomic E-state index is 13.4. The van der Waals surface area contributed by atoms with Gasteiger partial charge in [-0.3, -0.25) is 40.5 Å². The molecular formula is C32H14Cl2N4O17S2. The van der Waals surface area contributed by atoms with Crippen molar-refractivity contribution >= 4 is 72.2 Å². The highest BCUT2D eigenvalue weighted by Crippen LogP contribution is 2.59. The minimum absolute atomic E-state index is 0.0466. The number of hydrogen-bond donors (Lipinski definition) is 0. The predicted octanol–water partition coefficient (Wildman–Crippen LogP) is 6.73. The lowest BCUT2D eigenvalue weighted by Crippen LogP contribution is -2.33. The van der Waals surface area contributed by atoms with E-state index < -0.39 is 106 Å². The van der Waals surface area contributed by atoms with Crippen molar-refractivity contribution in [3.63, 3.8) is 0 Å². The summed E-state index contributed by atoms with van der Waals surface area (Å²) in [7, 11) is -10.4. The lowest BCUT2D eigenvalue weighted by atomic mass is 9.77. The molecule has 0 amide bonds. The molecule has 2 aliphatic rings. The highest BCUT2D eigenvalue weighted by Gasteiger charge is 2.54. The Balaban J connectivity index is 1.37. The number of fused-ring (bicyclic) bond motifs is 6. The molecule has 0 aromatic heterocycles. The Morgan fingerprint density at radius 2 is 1.02 bits per heavy atom. The molecule has 0 bridgehead atoms. The van der Waals surface area contributed by atoms with Crippen LogP contribution in [0.1, 0.15) is 27.0 Å². The molecule has 1 spiro atoms. The first-order chi connectivity index (χ1) is 26.7. The highest BCUT2D eigenvalue weighted by molar-refractivity contribution is 7.87. The normalized spacial score (nSPS) is 13.7. The number of benzene rings is 5. The van der Waals surface area contributed by atoms with Crippen molar-refractivity contribution < 1.29 is 59.2 Å². The maximum Gasteiger partial charge on any atom is 0.346 e. The summed E-state index contributed by atoms with van der Waals surface area (Å²) < 4.78 is 76.0. The molecular weight excluding hydrogens is 847 g/mol. The monoisotopic (exact) mass is 860 g/mol. The molecule has 21 nitrogen and oxygen atoms in total. The van der Waals surface area contributed by atoms with Gasteiger partial charge in [0.15, 0.2) is 26.9 Å². The van der Waals surface area contributed by atoms with E-state index in [4.69, 9.17) is 41.0 Å². The van der Waals surface area contributed by atoms with E-state index in [1.54, 1.807) is 6.07 Å². The van der Waals surface area contributed by atoms with Gasteiger partial charge in [0.25, 0.3) is 22.7 Å². The Morgan fingerprint density at radius 1 is 0.579 bits per heavy atom. The van der Waals surface area contributed by atoms with Gasteiger partial charge in [0.1, 0.15) is 11.5 Å². The lowest BCUT2D eigenvalue weighted by Gasteiger charge is -2.37. The van der Waals surface area contributed by atoms with E-state index in [9.17, 15) is 62.1 Å². The average molecular weight is 862 g/mol. The molecule has 25 heteroatoms. The molecule has 5 aromatic rings. The molecule has 57 heavy (non-hydrogen) atoms. The molecule has 0 aliphatic carbocycles. The molecule has 290 valence electrons. The van der Waals surface area contributed by atoms with Crippen LogP contribution in [0, 0.1) is 40.5 Å². The summed E-state index contributed by atoms with van der Waals surface area (Å²) in [5.74, 6) is -2.97. The Hall–Kier alpha value is -6.95. The van der Waals surface area contributed by atoms with Gasteiger partial charge in [0, 0.05) is 41.0 Å². The van der Waals surface area contributed by atoms with E-state index in [0.29, 0.717) is 36.4 Å². The third kappa shape index (κ3) is 6.32. The highest BCUT2D eigenvalue weighted by atomic mass is 35.5. The summed E-state index contributed by atoms with van der Waals surface area (Å²) in [5.41, 5.74) is -5.86. The quantitative estimate of drug-likeness (QED) is 0.0608. The molecule has 7 rings (SSSR count). The number of rotatable bonds is 10. The van der Waals surface area contributed by atoms with Gasteiger partial charge in [-0.25, -0.2) is 4.79 Å². The Morgan fingerprint density at radius 3 is 1.44 bits per heavy atom.